The van der Waals surface area contributed by atoms with E-state index >= 15 is 0 Å². The van der Waals surface area contributed by atoms with Crippen LogP contribution in [0.5, 0.6) is 11.5 Å². The Hall–Kier alpha value is -2.58. The predicted molar refractivity (Wildman–Crippen MR) is 103 cm³/mol. The summed E-state index contributed by atoms with van der Waals surface area (Å²) in [6.45, 7) is 1.40. The van der Waals surface area contributed by atoms with Crippen molar-refractivity contribution >= 4 is 52.0 Å². The van der Waals surface area contributed by atoms with Gasteiger partial charge in [0.25, 0.3) is 0 Å². The van der Waals surface area contributed by atoms with Gasteiger partial charge in [-0.2, -0.15) is 0 Å². The normalized spacial score (nSPS) is 9.92. The largest absolute Gasteiger partial charge is 0.495 e. The fourth-order valence-corrected chi connectivity index (χ4v) is 2.47. The van der Waals surface area contributed by atoms with Crippen molar-refractivity contribution in [1.82, 2.24) is 4.98 Å². The van der Waals surface area contributed by atoms with E-state index < -0.39 is 0 Å². The minimum absolute atomic E-state index is 0.232. The van der Waals surface area contributed by atoms with Crippen molar-refractivity contribution in [3.05, 3.63) is 35.5 Å². The highest BCUT2D eigenvalue weighted by Crippen LogP contribution is 2.36. The molecule has 0 unspecified atom stereocenters. The molecule has 0 aliphatic heterocycles. The van der Waals surface area contributed by atoms with Crippen molar-refractivity contribution in [1.29, 1.82) is 0 Å². The number of halogens is 1. The summed E-state index contributed by atoms with van der Waals surface area (Å²) in [6, 6.07) is 6.76. The average molecular weight is 381 g/mol. The van der Waals surface area contributed by atoms with Crippen LogP contribution in [0.1, 0.15) is 6.92 Å². The summed E-state index contributed by atoms with van der Waals surface area (Å²) < 4.78 is 10.5. The predicted octanol–water partition coefficient (Wildman–Crippen LogP) is 3.52. The number of rotatable bonds is 5. The first-order chi connectivity index (χ1) is 11.9. The molecule has 3 N–H and O–H groups in total. The standard InChI is InChI=1S/C16H17ClN4O3S/c1-9(22)19-15-11(5-4-6-18-15)20-16(25)21-12-7-10(17)13(23-2)8-14(12)24-3/h4-8H,1-3H3,(H,18,19,22)(H2,20,21,25). The number of thiocarbonyl (C=S) groups is 1. The monoisotopic (exact) mass is 380 g/mol. The van der Waals surface area contributed by atoms with Gasteiger partial charge in [0.05, 0.1) is 30.6 Å². The number of amides is 1. The Bertz CT molecular complexity index is 801. The molecule has 0 spiro atoms. The van der Waals surface area contributed by atoms with E-state index in [9.17, 15) is 4.79 Å². The molecule has 1 aromatic carbocycles. The van der Waals surface area contributed by atoms with Crippen LogP contribution in [0.3, 0.4) is 0 Å². The SMILES string of the molecule is COc1cc(OC)c(NC(=S)Nc2cccnc2NC(C)=O)cc1Cl. The number of carbonyl (C=O) groups is 1. The minimum atomic E-state index is -0.232. The second kappa shape index (κ2) is 8.50. The van der Waals surface area contributed by atoms with E-state index in [0.717, 1.165) is 0 Å². The van der Waals surface area contributed by atoms with Crippen molar-refractivity contribution in [2.45, 2.75) is 6.92 Å². The van der Waals surface area contributed by atoms with Crippen LogP contribution in [0, 0.1) is 0 Å². The summed E-state index contributed by atoms with van der Waals surface area (Å²) in [5.41, 5.74) is 1.12. The van der Waals surface area contributed by atoms with E-state index in [1.54, 1.807) is 30.5 Å². The fraction of sp³-hybridized carbons (Fsp3) is 0.188. The van der Waals surface area contributed by atoms with Crippen molar-refractivity contribution < 1.29 is 14.3 Å². The molecule has 2 rings (SSSR count). The summed E-state index contributed by atoms with van der Waals surface area (Å²) in [5, 5.41) is 9.29. The van der Waals surface area contributed by atoms with Crippen LogP contribution >= 0.6 is 23.8 Å². The number of hydrogen-bond acceptors (Lipinski definition) is 5. The third kappa shape index (κ3) is 4.94. The van der Waals surface area contributed by atoms with Crippen molar-refractivity contribution in [2.24, 2.45) is 0 Å². The van der Waals surface area contributed by atoms with Crippen LogP contribution in [0.4, 0.5) is 17.2 Å². The lowest BCUT2D eigenvalue weighted by Crippen LogP contribution is -2.21. The molecule has 0 saturated heterocycles. The number of ether oxygens (including phenoxy) is 2. The molecule has 0 saturated carbocycles. The zero-order valence-corrected chi connectivity index (χ0v) is 15.4. The Labute approximate surface area is 155 Å². The van der Waals surface area contributed by atoms with Gasteiger partial charge in [-0.1, -0.05) is 11.6 Å². The number of carbonyl (C=O) groups excluding carboxylic acids is 1. The summed E-state index contributed by atoms with van der Waals surface area (Å²) in [7, 11) is 3.05. The smallest absolute Gasteiger partial charge is 0.222 e. The molecule has 0 fully saturated rings. The van der Waals surface area contributed by atoms with Crippen molar-refractivity contribution in [3.63, 3.8) is 0 Å². The van der Waals surface area contributed by atoms with Gasteiger partial charge in [0.2, 0.25) is 5.91 Å². The van der Waals surface area contributed by atoms with Gasteiger partial charge >= 0.3 is 0 Å². The Morgan fingerprint density at radius 1 is 1.12 bits per heavy atom. The zero-order valence-electron chi connectivity index (χ0n) is 13.8. The Morgan fingerprint density at radius 3 is 2.44 bits per heavy atom. The average Bonchev–Trinajstić information content (AvgIpc) is 2.56. The van der Waals surface area contributed by atoms with Crippen LogP contribution in [0.2, 0.25) is 5.02 Å². The Kier molecular flexibility index (Phi) is 6.37. The molecule has 0 radical (unpaired) electrons. The second-order valence-electron chi connectivity index (χ2n) is 4.85. The van der Waals surface area contributed by atoms with Gasteiger partial charge in [0, 0.05) is 19.2 Å². The molecule has 0 aliphatic rings. The number of pyridine rings is 1. The summed E-state index contributed by atoms with van der Waals surface area (Å²) >= 11 is 11.5. The lowest BCUT2D eigenvalue weighted by molar-refractivity contribution is -0.114. The molecule has 25 heavy (non-hydrogen) atoms. The maximum atomic E-state index is 11.3. The van der Waals surface area contributed by atoms with Gasteiger partial charge in [-0.25, -0.2) is 4.98 Å². The number of aromatic nitrogens is 1. The molecule has 1 heterocycles. The summed E-state index contributed by atoms with van der Waals surface area (Å²) in [4.78, 5) is 15.4. The second-order valence-corrected chi connectivity index (χ2v) is 5.66. The van der Waals surface area contributed by atoms with Gasteiger partial charge in [-0.15, -0.1) is 0 Å². The van der Waals surface area contributed by atoms with Gasteiger partial charge in [0.15, 0.2) is 10.9 Å². The number of methoxy groups -OCH3 is 2. The third-order valence-electron chi connectivity index (χ3n) is 3.07. The van der Waals surface area contributed by atoms with E-state index in [2.05, 4.69) is 20.9 Å². The fourth-order valence-electron chi connectivity index (χ4n) is 2.01. The first kappa shape index (κ1) is 18.8. The van der Waals surface area contributed by atoms with E-state index in [-0.39, 0.29) is 11.0 Å². The molecule has 132 valence electrons. The van der Waals surface area contributed by atoms with E-state index in [1.165, 1.54) is 21.1 Å². The van der Waals surface area contributed by atoms with E-state index in [1.807, 2.05) is 0 Å². The number of benzene rings is 1. The molecule has 0 atom stereocenters. The maximum Gasteiger partial charge on any atom is 0.222 e. The molecule has 0 bridgehead atoms. The van der Waals surface area contributed by atoms with Crippen LogP contribution in [-0.4, -0.2) is 30.2 Å². The molecular formula is C16H17ClN4O3S. The summed E-state index contributed by atoms with van der Waals surface area (Å²) in [5.74, 6) is 1.14. The molecule has 7 nitrogen and oxygen atoms in total. The highest BCUT2D eigenvalue weighted by atomic mass is 35.5. The maximum absolute atomic E-state index is 11.3. The zero-order chi connectivity index (χ0) is 18.4. The lowest BCUT2D eigenvalue weighted by Gasteiger charge is -2.16. The summed E-state index contributed by atoms with van der Waals surface area (Å²) in [6.07, 6.45) is 1.57. The molecular weight excluding hydrogens is 364 g/mol. The topological polar surface area (TPSA) is 84.5 Å². The van der Waals surface area contributed by atoms with Crippen molar-refractivity contribution in [3.8, 4) is 11.5 Å². The van der Waals surface area contributed by atoms with Crippen LogP contribution in [-0.2, 0) is 4.79 Å². The highest BCUT2D eigenvalue weighted by Gasteiger charge is 2.12. The molecule has 2 aromatic rings. The van der Waals surface area contributed by atoms with Crippen LogP contribution in [0.15, 0.2) is 30.5 Å². The quantitative estimate of drug-likeness (QED) is 0.684. The van der Waals surface area contributed by atoms with E-state index in [0.29, 0.717) is 33.7 Å². The Morgan fingerprint density at radius 2 is 1.80 bits per heavy atom. The van der Waals surface area contributed by atoms with E-state index in [4.69, 9.17) is 33.3 Å². The number of nitrogens with zero attached hydrogens (tertiary/aromatic N) is 1. The van der Waals surface area contributed by atoms with Crippen LogP contribution in [0.25, 0.3) is 0 Å². The first-order valence-corrected chi connectivity index (χ1v) is 7.95. The number of nitrogens with one attached hydrogen (secondary N) is 3. The first-order valence-electron chi connectivity index (χ1n) is 7.16. The third-order valence-corrected chi connectivity index (χ3v) is 3.57. The lowest BCUT2D eigenvalue weighted by atomic mass is 10.2. The van der Waals surface area contributed by atoms with Crippen LogP contribution < -0.4 is 25.4 Å². The molecule has 1 aromatic heterocycles. The molecule has 1 amide bonds. The Balaban J connectivity index is 2.19. The number of hydrogen-bond donors (Lipinski definition) is 3. The minimum Gasteiger partial charge on any atom is -0.495 e. The van der Waals surface area contributed by atoms with Gasteiger partial charge in [-0.3, -0.25) is 4.79 Å². The highest BCUT2D eigenvalue weighted by molar-refractivity contribution is 7.80. The molecule has 0 aliphatic carbocycles. The van der Waals surface area contributed by atoms with Gasteiger partial charge < -0.3 is 25.4 Å². The van der Waals surface area contributed by atoms with Gasteiger partial charge in [-0.05, 0) is 30.4 Å². The number of anilines is 3. The van der Waals surface area contributed by atoms with Crippen molar-refractivity contribution in [2.75, 3.05) is 30.2 Å². The molecule has 9 heteroatoms. The van der Waals surface area contributed by atoms with Gasteiger partial charge in [0.1, 0.15) is 11.5 Å².